The zero-order valence-corrected chi connectivity index (χ0v) is 23.2. The Bertz CT molecular complexity index is 1760. The zero-order valence-electron chi connectivity index (χ0n) is 23.2. The highest BCUT2D eigenvalue weighted by atomic mass is 16.1. The summed E-state index contributed by atoms with van der Waals surface area (Å²) in [6, 6.07) is 28.8. The van der Waals surface area contributed by atoms with Gasteiger partial charge in [-0.25, -0.2) is 9.97 Å². The van der Waals surface area contributed by atoms with Crippen LogP contribution in [-0.4, -0.2) is 20.4 Å². The summed E-state index contributed by atoms with van der Waals surface area (Å²) < 4.78 is 2.21. The van der Waals surface area contributed by atoms with E-state index in [0.717, 1.165) is 69.6 Å². The molecule has 1 saturated carbocycles. The number of nitrogens with one attached hydrogen (secondary N) is 2. The number of pyridine rings is 1. The lowest BCUT2D eigenvalue weighted by Gasteiger charge is -2.38. The monoisotopic (exact) mass is 540 g/mol. The fourth-order valence-electron chi connectivity index (χ4n) is 5.70. The van der Waals surface area contributed by atoms with Gasteiger partial charge in [-0.3, -0.25) is 9.36 Å². The summed E-state index contributed by atoms with van der Waals surface area (Å²) in [5.41, 5.74) is 15.0. The number of rotatable bonds is 5. The number of carbonyl (C=O) groups is 1. The van der Waals surface area contributed by atoms with Crippen molar-refractivity contribution in [3.8, 4) is 39.6 Å². The quantitative estimate of drug-likeness (QED) is 0.214. The van der Waals surface area contributed by atoms with Crippen LogP contribution in [-0.2, 0) is 10.3 Å². The third-order valence-electron chi connectivity index (χ3n) is 8.26. The fraction of sp³-hybridized carbons (Fsp3) is 0.206. The average Bonchev–Trinajstić information content (AvgIpc) is 3.31. The highest BCUT2D eigenvalue weighted by molar-refractivity contribution is 5.93. The van der Waals surface area contributed by atoms with Crippen molar-refractivity contribution in [2.24, 2.45) is 11.7 Å². The lowest BCUT2D eigenvalue weighted by atomic mass is 9.72. The lowest BCUT2D eigenvalue weighted by molar-refractivity contribution is -0.118. The van der Waals surface area contributed by atoms with Gasteiger partial charge in [0.2, 0.25) is 5.91 Å². The topological polar surface area (TPSA) is 97.9 Å². The molecule has 1 aliphatic heterocycles. The van der Waals surface area contributed by atoms with Gasteiger partial charge in [0.1, 0.15) is 5.82 Å². The van der Waals surface area contributed by atoms with Crippen LogP contribution in [0.15, 0.2) is 91.1 Å². The molecule has 0 saturated heterocycles. The molecule has 5 aromatic rings. The Morgan fingerprint density at radius 3 is 2.39 bits per heavy atom. The third kappa shape index (κ3) is 4.30. The predicted octanol–water partition coefficient (Wildman–Crippen LogP) is 7.26. The molecule has 0 unspecified atom stereocenters. The Hall–Kier alpha value is -4.75. The van der Waals surface area contributed by atoms with E-state index in [9.17, 15) is 4.79 Å². The van der Waals surface area contributed by atoms with Crippen molar-refractivity contribution in [1.29, 1.82) is 0 Å². The number of para-hydroxylation sites is 1. The number of nitrogens with two attached hydrogens (primary N) is 1. The molecule has 0 spiro atoms. The van der Waals surface area contributed by atoms with Crippen LogP contribution in [0.3, 0.4) is 0 Å². The van der Waals surface area contributed by atoms with E-state index in [2.05, 4.69) is 57.7 Å². The molecule has 7 nitrogen and oxygen atoms in total. The molecule has 1 amide bonds. The van der Waals surface area contributed by atoms with Gasteiger partial charge in [-0.05, 0) is 61.2 Å². The first-order chi connectivity index (χ1) is 19.9. The van der Waals surface area contributed by atoms with E-state index in [4.69, 9.17) is 15.7 Å². The Morgan fingerprint density at radius 1 is 0.951 bits per heavy atom. The largest absolute Gasteiger partial charge is 0.338 e. The van der Waals surface area contributed by atoms with Crippen LogP contribution in [0, 0.1) is 5.92 Å². The van der Waals surface area contributed by atoms with Gasteiger partial charge >= 0.3 is 0 Å². The van der Waals surface area contributed by atoms with E-state index < -0.39 is 0 Å². The van der Waals surface area contributed by atoms with Crippen LogP contribution in [0.2, 0.25) is 0 Å². The smallest absolute Gasteiger partial charge is 0.226 e. The van der Waals surface area contributed by atoms with Crippen LogP contribution in [0.1, 0.15) is 38.7 Å². The van der Waals surface area contributed by atoms with Gasteiger partial charge in [0.15, 0.2) is 5.82 Å². The van der Waals surface area contributed by atoms with Crippen molar-refractivity contribution in [3.05, 3.63) is 96.7 Å². The average molecular weight is 541 g/mol. The molecule has 0 radical (unpaired) electrons. The maximum atomic E-state index is 12.3. The first kappa shape index (κ1) is 25.2. The van der Waals surface area contributed by atoms with Crippen LogP contribution in [0.4, 0.5) is 17.2 Å². The predicted molar refractivity (Wildman–Crippen MR) is 164 cm³/mol. The number of benzene rings is 3. The summed E-state index contributed by atoms with van der Waals surface area (Å²) >= 11 is 0. The van der Waals surface area contributed by atoms with Gasteiger partial charge < -0.3 is 16.4 Å². The molecule has 1 aliphatic carbocycles. The number of hydrogen-bond donors (Lipinski definition) is 3. The van der Waals surface area contributed by atoms with E-state index in [-0.39, 0.29) is 17.4 Å². The van der Waals surface area contributed by atoms with Crippen LogP contribution in [0.5, 0.6) is 0 Å². The van der Waals surface area contributed by atoms with Gasteiger partial charge in [0, 0.05) is 40.0 Å². The van der Waals surface area contributed by atoms with Crippen molar-refractivity contribution in [2.45, 2.75) is 38.6 Å². The molecule has 2 aromatic heterocycles. The first-order valence-corrected chi connectivity index (χ1v) is 14.2. The van der Waals surface area contributed by atoms with Gasteiger partial charge in [-0.15, -0.1) is 0 Å². The van der Waals surface area contributed by atoms with Crippen LogP contribution in [0.25, 0.3) is 39.6 Å². The summed E-state index contributed by atoms with van der Waals surface area (Å²) in [6.07, 6.45) is 5.00. The molecule has 2 aliphatic rings. The van der Waals surface area contributed by atoms with Crippen molar-refractivity contribution < 1.29 is 4.79 Å². The Morgan fingerprint density at radius 2 is 1.68 bits per heavy atom. The molecule has 204 valence electrons. The standard InChI is InChI=1S/C34H32N6O/c1-21(2)33(41)37-25-16-12-22(13-17-25)29-30(23-10-14-24(15-11-23)34(35)18-6-19-34)40-28-9-5-20-36-31(28)38-27-8-4-3-7-26(27)32(40)39-29/h3-5,7-17,20-21H,6,18-19,35H2,1-2H3,(H,36,38)(H,37,41). The van der Waals surface area contributed by atoms with Crippen molar-refractivity contribution in [3.63, 3.8) is 0 Å². The van der Waals surface area contributed by atoms with Crippen LogP contribution >= 0.6 is 0 Å². The second-order valence-corrected chi connectivity index (χ2v) is 11.3. The summed E-state index contributed by atoms with van der Waals surface area (Å²) in [6.45, 7) is 3.77. The third-order valence-corrected chi connectivity index (χ3v) is 8.26. The Kier molecular flexibility index (Phi) is 5.98. The number of carbonyl (C=O) groups excluding carboxylic acids is 1. The van der Waals surface area contributed by atoms with E-state index in [1.165, 1.54) is 12.0 Å². The number of amides is 1. The van der Waals surface area contributed by atoms with E-state index in [1.54, 1.807) is 6.20 Å². The molecule has 0 bridgehead atoms. The first-order valence-electron chi connectivity index (χ1n) is 14.2. The maximum Gasteiger partial charge on any atom is 0.226 e. The van der Waals surface area contributed by atoms with Crippen molar-refractivity contribution in [2.75, 3.05) is 10.6 Å². The minimum atomic E-state index is -0.231. The normalized spacial score (nSPS) is 14.6. The molecule has 3 heterocycles. The lowest BCUT2D eigenvalue weighted by Crippen LogP contribution is -2.43. The number of hydrogen-bond acceptors (Lipinski definition) is 5. The van der Waals surface area contributed by atoms with Gasteiger partial charge in [-0.1, -0.05) is 62.4 Å². The molecule has 4 N–H and O–H groups in total. The van der Waals surface area contributed by atoms with E-state index in [0.29, 0.717) is 0 Å². The maximum absolute atomic E-state index is 12.3. The van der Waals surface area contributed by atoms with Gasteiger partial charge in [0.25, 0.3) is 0 Å². The second kappa shape index (κ2) is 9.71. The summed E-state index contributed by atoms with van der Waals surface area (Å²) in [5, 5.41) is 6.51. The van der Waals surface area contributed by atoms with Crippen molar-refractivity contribution in [1.82, 2.24) is 14.5 Å². The summed E-state index contributed by atoms with van der Waals surface area (Å²) in [5.74, 6) is 1.50. The van der Waals surface area contributed by atoms with E-state index >= 15 is 0 Å². The highest BCUT2D eigenvalue weighted by Crippen LogP contribution is 2.45. The second-order valence-electron chi connectivity index (χ2n) is 11.3. The Balaban J connectivity index is 1.44. The number of fused-ring (bicyclic) bond motifs is 5. The molecule has 1 fully saturated rings. The number of anilines is 3. The molecule has 0 atom stereocenters. The van der Waals surface area contributed by atoms with Gasteiger partial charge in [-0.2, -0.15) is 0 Å². The summed E-state index contributed by atoms with van der Waals surface area (Å²) in [7, 11) is 0. The number of imidazole rings is 1. The number of aromatic nitrogens is 3. The highest BCUT2D eigenvalue weighted by Gasteiger charge is 2.34. The zero-order chi connectivity index (χ0) is 28.1. The van der Waals surface area contributed by atoms with Crippen molar-refractivity contribution >= 4 is 23.1 Å². The summed E-state index contributed by atoms with van der Waals surface area (Å²) in [4.78, 5) is 22.3. The molecule has 41 heavy (non-hydrogen) atoms. The van der Waals surface area contributed by atoms with Gasteiger partial charge in [0.05, 0.1) is 22.8 Å². The molecule has 7 rings (SSSR count). The molecular weight excluding hydrogens is 508 g/mol. The van der Waals surface area contributed by atoms with Crippen LogP contribution < -0.4 is 16.4 Å². The fourth-order valence-corrected chi connectivity index (χ4v) is 5.70. The molecule has 7 heteroatoms. The number of nitrogens with zero attached hydrogens (tertiary/aromatic N) is 3. The molecule has 3 aromatic carbocycles. The SMILES string of the molecule is CC(C)C(=O)Nc1ccc(-c2nc3n(c2-c2ccc(C4(N)CCC4)cc2)-c2cccnc2Nc2ccccc2-3)cc1. The minimum absolute atomic E-state index is 0.00964. The Labute approximate surface area is 239 Å². The molecular formula is C34H32N6O. The van der Waals surface area contributed by atoms with E-state index in [1.807, 2.05) is 56.3 Å². The minimum Gasteiger partial charge on any atom is -0.338 e.